The number of benzene rings is 1. The predicted molar refractivity (Wildman–Crippen MR) is 49.4 cm³/mol. The van der Waals surface area contributed by atoms with E-state index in [4.69, 9.17) is 17.3 Å². The molecule has 1 aromatic rings. The number of nitrogens with two attached hydrogens (primary N) is 1. The maximum absolute atomic E-state index is 13.0. The second kappa shape index (κ2) is 3.85. The van der Waals surface area contributed by atoms with E-state index in [1.165, 1.54) is 19.1 Å². The fraction of sp³-hybridized carbons (Fsp3) is 0.222. The Morgan fingerprint density at radius 3 is 2.77 bits per heavy atom. The third-order valence-corrected chi connectivity index (χ3v) is 1.84. The minimum absolute atomic E-state index is 0.0532. The fourth-order valence-electron chi connectivity index (χ4n) is 0.932. The standard InChI is InChI=1S/C9H9ClFNO/c1-5(12)9(13)7-4-6(10)2-3-8(7)11/h2-5H,12H2,1H3. The van der Waals surface area contributed by atoms with Crippen LogP contribution >= 0.6 is 11.6 Å². The van der Waals surface area contributed by atoms with Crippen LogP contribution in [0.15, 0.2) is 18.2 Å². The van der Waals surface area contributed by atoms with Gasteiger partial charge in [-0.1, -0.05) is 11.6 Å². The molecule has 0 radical (unpaired) electrons. The summed E-state index contributed by atoms with van der Waals surface area (Å²) in [7, 11) is 0. The van der Waals surface area contributed by atoms with Gasteiger partial charge in [-0.2, -0.15) is 0 Å². The van der Waals surface area contributed by atoms with Gasteiger partial charge in [-0.15, -0.1) is 0 Å². The molecule has 0 spiro atoms. The van der Waals surface area contributed by atoms with Crippen molar-refractivity contribution >= 4 is 17.4 Å². The number of halogens is 2. The van der Waals surface area contributed by atoms with Crippen LogP contribution in [0.4, 0.5) is 4.39 Å². The second-order valence-corrected chi connectivity index (χ2v) is 3.21. The zero-order valence-corrected chi connectivity index (χ0v) is 7.81. The van der Waals surface area contributed by atoms with Gasteiger partial charge in [0.25, 0.3) is 0 Å². The van der Waals surface area contributed by atoms with Crippen LogP contribution in [0.5, 0.6) is 0 Å². The van der Waals surface area contributed by atoms with E-state index in [1.807, 2.05) is 0 Å². The molecule has 2 nitrogen and oxygen atoms in total. The summed E-state index contributed by atoms with van der Waals surface area (Å²) in [6.45, 7) is 1.50. The van der Waals surface area contributed by atoms with Gasteiger partial charge in [0.1, 0.15) is 5.82 Å². The Morgan fingerprint density at radius 1 is 1.62 bits per heavy atom. The first-order valence-electron chi connectivity index (χ1n) is 3.77. The summed E-state index contributed by atoms with van der Waals surface area (Å²) >= 11 is 5.61. The third-order valence-electron chi connectivity index (χ3n) is 1.61. The van der Waals surface area contributed by atoms with Crippen molar-refractivity contribution in [2.75, 3.05) is 0 Å². The smallest absolute Gasteiger partial charge is 0.182 e. The lowest BCUT2D eigenvalue weighted by molar-refractivity contribution is 0.0964. The van der Waals surface area contributed by atoms with Gasteiger partial charge < -0.3 is 5.73 Å². The monoisotopic (exact) mass is 201 g/mol. The van der Waals surface area contributed by atoms with Gasteiger partial charge in [0.15, 0.2) is 5.78 Å². The molecule has 1 rings (SSSR count). The molecule has 0 aromatic heterocycles. The van der Waals surface area contributed by atoms with Crippen molar-refractivity contribution < 1.29 is 9.18 Å². The number of carbonyl (C=O) groups excluding carboxylic acids is 1. The van der Waals surface area contributed by atoms with Crippen molar-refractivity contribution in [2.24, 2.45) is 5.73 Å². The van der Waals surface area contributed by atoms with Crippen molar-refractivity contribution in [1.29, 1.82) is 0 Å². The molecule has 13 heavy (non-hydrogen) atoms. The number of carbonyl (C=O) groups is 1. The van der Waals surface area contributed by atoms with Gasteiger partial charge >= 0.3 is 0 Å². The van der Waals surface area contributed by atoms with E-state index in [9.17, 15) is 9.18 Å². The number of hydrogen-bond donors (Lipinski definition) is 1. The van der Waals surface area contributed by atoms with Crippen molar-refractivity contribution in [3.63, 3.8) is 0 Å². The third kappa shape index (κ3) is 2.26. The van der Waals surface area contributed by atoms with E-state index in [2.05, 4.69) is 0 Å². The van der Waals surface area contributed by atoms with E-state index in [0.29, 0.717) is 5.02 Å². The van der Waals surface area contributed by atoms with Gasteiger partial charge in [-0.05, 0) is 25.1 Å². The first-order valence-corrected chi connectivity index (χ1v) is 4.15. The molecule has 0 saturated heterocycles. The molecule has 70 valence electrons. The van der Waals surface area contributed by atoms with Crippen LogP contribution in [-0.4, -0.2) is 11.8 Å². The highest BCUT2D eigenvalue weighted by molar-refractivity contribution is 6.31. The van der Waals surface area contributed by atoms with Crippen molar-refractivity contribution in [1.82, 2.24) is 0 Å². The van der Waals surface area contributed by atoms with Crippen LogP contribution in [0.25, 0.3) is 0 Å². The second-order valence-electron chi connectivity index (χ2n) is 2.78. The first kappa shape index (κ1) is 10.2. The fourth-order valence-corrected chi connectivity index (χ4v) is 1.10. The quantitative estimate of drug-likeness (QED) is 0.744. The Labute approximate surface area is 80.5 Å². The van der Waals surface area contributed by atoms with Crippen LogP contribution in [0, 0.1) is 5.82 Å². The van der Waals surface area contributed by atoms with Crippen LogP contribution in [0.3, 0.4) is 0 Å². The van der Waals surface area contributed by atoms with E-state index < -0.39 is 17.6 Å². The predicted octanol–water partition coefficient (Wildman–Crippen LogP) is 2.01. The summed E-state index contributed by atoms with van der Waals surface area (Å²) in [5, 5.41) is 0.324. The molecule has 0 amide bonds. The highest BCUT2D eigenvalue weighted by Gasteiger charge is 2.15. The molecular weight excluding hydrogens is 193 g/mol. The van der Waals surface area contributed by atoms with Gasteiger partial charge in [0.05, 0.1) is 11.6 Å². The number of rotatable bonds is 2. The Morgan fingerprint density at radius 2 is 2.23 bits per heavy atom. The van der Waals surface area contributed by atoms with Gasteiger partial charge in [-0.3, -0.25) is 4.79 Å². The number of Topliss-reactive ketones (excluding diaryl/α,β-unsaturated/α-hetero) is 1. The number of hydrogen-bond acceptors (Lipinski definition) is 2. The molecule has 1 unspecified atom stereocenters. The van der Waals surface area contributed by atoms with Crippen LogP contribution in [0.2, 0.25) is 5.02 Å². The lowest BCUT2D eigenvalue weighted by atomic mass is 10.1. The molecule has 2 N–H and O–H groups in total. The maximum atomic E-state index is 13.0. The Hall–Kier alpha value is -0.930. The Bertz CT molecular complexity index is 338. The van der Waals surface area contributed by atoms with Crippen molar-refractivity contribution in [3.05, 3.63) is 34.6 Å². The van der Waals surface area contributed by atoms with Crippen LogP contribution < -0.4 is 5.73 Å². The summed E-state index contributed by atoms with van der Waals surface area (Å²) in [6, 6.07) is 3.10. The highest BCUT2D eigenvalue weighted by Crippen LogP contribution is 2.15. The van der Waals surface area contributed by atoms with E-state index in [1.54, 1.807) is 0 Å². The molecule has 0 aliphatic rings. The number of ketones is 1. The molecule has 1 aromatic carbocycles. The molecule has 0 saturated carbocycles. The molecule has 0 heterocycles. The average Bonchev–Trinajstić information content (AvgIpc) is 2.08. The lowest BCUT2D eigenvalue weighted by Gasteiger charge is -2.05. The van der Waals surface area contributed by atoms with E-state index >= 15 is 0 Å². The zero-order chi connectivity index (χ0) is 10.0. The van der Waals surface area contributed by atoms with Crippen molar-refractivity contribution in [3.8, 4) is 0 Å². The minimum atomic E-state index is -0.715. The van der Waals surface area contributed by atoms with Gasteiger partial charge in [0, 0.05) is 5.02 Å². The Kier molecular flexibility index (Phi) is 3.01. The summed E-state index contributed by atoms with van der Waals surface area (Å²) in [4.78, 5) is 11.3. The molecule has 0 bridgehead atoms. The highest BCUT2D eigenvalue weighted by atomic mass is 35.5. The summed E-state index contributed by atoms with van der Waals surface area (Å²) < 4.78 is 13.0. The van der Waals surface area contributed by atoms with E-state index in [-0.39, 0.29) is 5.56 Å². The summed E-state index contributed by atoms with van der Waals surface area (Å²) in [6.07, 6.45) is 0. The minimum Gasteiger partial charge on any atom is -0.321 e. The molecule has 0 fully saturated rings. The molecule has 0 aliphatic carbocycles. The topological polar surface area (TPSA) is 43.1 Å². The molecule has 0 aliphatic heterocycles. The SMILES string of the molecule is CC(N)C(=O)c1cc(Cl)ccc1F. The summed E-state index contributed by atoms with van der Waals surface area (Å²) in [5.41, 5.74) is 5.27. The first-order chi connectivity index (χ1) is 6.02. The van der Waals surface area contributed by atoms with E-state index in [0.717, 1.165) is 6.07 Å². The molecule has 4 heteroatoms. The molecular formula is C9H9ClFNO. The Balaban J connectivity index is 3.13. The lowest BCUT2D eigenvalue weighted by Crippen LogP contribution is -2.27. The molecule has 1 atom stereocenters. The van der Waals surface area contributed by atoms with Gasteiger partial charge in [0.2, 0.25) is 0 Å². The largest absolute Gasteiger partial charge is 0.321 e. The zero-order valence-electron chi connectivity index (χ0n) is 7.05. The summed E-state index contributed by atoms with van der Waals surface area (Å²) in [5.74, 6) is -1.04. The maximum Gasteiger partial charge on any atom is 0.182 e. The average molecular weight is 202 g/mol. The van der Waals surface area contributed by atoms with Crippen LogP contribution in [0.1, 0.15) is 17.3 Å². The van der Waals surface area contributed by atoms with Crippen LogP contribution in [-0.2, 0) is 0 Å². The van der Waals surface area contributed by atoms with Crippen molar-refractivity contribution in [2.45, 2.75) is 13.0 Å². The van der Waals surface area contributed by atoms with Gasteiger partial charge in [-0.25, -0.2) is 4.39 Å². The normalized spacial score (nSPS) is 12.6.